The third-order valence-electron chi connectivity index (χ3n) is 2.92. The van der Waals surface area contributed by atoms with Gasteiger partial charge in [-0.15, -0.1) is 0 Å². The van der Waals surface area contributed by atoms with E-state index in [0.29, 0.717) is 0 Å². The Morgan fingerprint density at radius 2 is 2.15 bits per heavy atom. The number of carbonyl (C=O) groups excluding carboxylic acids is 1. The van der Waals surface area contributed by atoms with Crippen LogP contribution in [0.3, 0.4) is 0 Å². The van der Waals surface area contributed by atoms with Crippen molar-refractivity contribution in [2.45, 2.75) is 37.9 Å². The van der Waals surface area contributed by atoms with Gasteiger partial charge in [0.25, 0.3) is 0 Å². The molecule has 0 radical (unpaired) electrons. The molecule has 2 heterocycles. The third-order valence-corrected chi connectivity index (χ3v) is 2.92. The number of carboxylic acid groups (broad SMARTS) is 1. The number of aliphatic carboxylic acids is 1. The number of hydrogen-bond acceptors (Lipinski definition) is 3. The fourth-order valence-corrected chi connectivity index (χ4v) is 2.28. The molecule has 3 atom stereocenters. The maximum absolute atomic E-state index is 10.9. The van der Waals surface area contributed by atoms with Crippen molar-refractivity contribution in [1.29, 1.82) is 0 Å². The number of carboxylic acids is 1. The summed E-state index contributed by atoms with van der Waals surface area (Å²) >= 11 is 0. The summed E-state index contributed by atoms with van der Waals surface area (Å²) in [7, 11) is 0. The van der Waals surface area contributed by atoms with E-state index < -0.39 is 11.8 Å². The molecule has 4 nitrogen and oxygen atoms in total. The summed E-state index contributed by atoms with van der Waals surface area (Å²) in [5, 5.41) is 8.42. The van der Waals surface area contributed by atoms with Gasteiger partial charge in [0.05, 0.1) is 12.2 Å². The van der Waals surface area contributed by atoms with Gasteiger partial charge in [0.2, 0.25) is 5.78 Å². The minimum Gasteiger partial charge on any atom is -0.476 e. The van der Waals surface area contributed by atoms with Crippen molar-refractivity contribution in [2.24, 2.45) is 5.92 Å². The lowest BCUT2D eigenvalue weighted by atomic mass is 9.86. The van der Waals surface area contributed by atoms with E-state index in [9.17, 15) is 9.59 Å². The SMILES string of the molecule is O=C(O)C(=O)CC1CC2CCC1O2. The molecule has 0 aromatic carbocycles. The van der Waals surface area contributed by atoms with Gasteiger partial charge in [-0.1, -0.05) is 0 Å². The van der Waals surface area contributed by atoms with Gasteiger partial charge >= 0.3 is 5.97 Å². The number of ketones is 1. The Morgan fingerprint density at radius 3 is 2.62 bits per heavy atom. The van der Waals surface area contributed by atoms with Crippen LogP contribution in [0, 0.1) is 5.92 Å². The minimum absolute atomic E-state index is 0.147. The van der Waals surface area contributed by atoms with Crippen molar-refractivity contribution in [3.8, 4) is 0 Å². The number of Topliss-reactive ketones (excluding diaryl/α,β-unsaturated/α-hetero) is 1. The Labute approximate surface area is 75.9 Å². The highest BCUT2D eigenvalue weighted by atomic mass is 16.5. The molecule has 1 N–H and O–H groups in total. The highest BCUT2D eigenvalue weighted by Gasteiger charge is 2.41. The molecule has 2 saturated heterocycles. The Morgan fingerprint density at radius 1 is 1.38 bits per heavy atom. The van der Waals surface area contributed by atoms with E-state index in [2.05, 4.69) is 0 Å². The second-order valence-electron chi connectivity index (χ2n) is 3.80. The van der Waals surface area contributed by atoms with Gasteiger partial charge in [-0.25, -0.2) is 4.79 Å². The van der Waals surface area contributed by atoms with Crippen molar-refractivity contribution in [2.75, 3.05) is 0 Å². The molecule has 2 fully saturated rings. The van der Waals surface area contributed by atoms with Crippen LogP contribution in [0.1, 0.15) is 25.7 Å². The largest absolute Gasteiger partial charge is 0.476 e. The molecule has 0 aliphatic carbocycles. The van der Waals surface area contributed by atoms with E-state index in [1.807, 2.05) is 0 Å². The minimum atomic E-state index is -1.32. The van der Waals surface area contributed by atoms with Gasteiger partial charge in [-0.05, 0) is 25.2 Å². The lowest BCUT2D eigenvalue weighted by Gasteiger charge is -2.16. The summed E-state index contributed by atoms with van der Waals surface area (Å²) in [4.78, 5) is 21.2. The first-order valence-electron chi connectivity index (χ1n) is 4.58. The number of rotatable bonds is 3. The molecule has 72 valence electrons. The molecule has 0 spiro atoms. The lowest BCUT2D eigenvalue weighted by Crippen LogP contribution is -2.23. The summed E-state index contributed by atoms with van der Waals surface area (Å²) in [6, 6.07) is 0. The first-order valence-corrected chi connectivity index (χ1v) is 4.58. The van der Waals surface area contributed by atoms with Crippen molar-refractivity contribution >= 4 is 11.8 Å². The fourth-order valence-electron chi connectivity index (χ4n) is 2.28. The number of hydrogen-bond donors (Lipinski definition) is 1. The molecule has 2 aliphatic rings. The smallest absolute Gasteiger partial charge is 0.372 e. The van der Waals surface area contributed by atoms with E-state index in [1.54, 1.807) is 0 Å². The quantitative estimate of drug-likeness (QED) is 0.652. The van der Waals surface area contributed by atoms with Gasteiger partial charge in [0.15, 0.2) is 0 Å². The van der Waals surface area contributed by atoms with Gasteiger partial charge in [-0.3, -0.25) is 4.79 Å². The van der Waals surface area contributed by atoms with Gasteiger partial charge in [-0.2, -0.15) is 0 Å². The molecule has 3 unspecified atom stereocenters. The predicted octanol–water partition coefficient (Wildman–Crippen LogP) is 0.598. The number of carbonyl (C=O) groups is 2. The molecule has 0 aromatic heterocycles. The maximum atomic E-state index is 10.9. The van der Waals surface area contributed by atoms with Crippen LogP contribution < -0.4 is 0 Å². The second kappa shape index (κ2) is 3.10. The van der Waals surface area contributed by atoms with E-state index in [-0.39, 0.29) is 24.5 Å². The number of fused-ring (bicyclic) bond motifs is 2. The summed E-state index contributed by atoms with van der Waals surface area (Å²) < 4.78 is 5.52. The third kappa shape index (κ3) is 1.58. The molecular formula is C9H12O4. The fraction of sp³-hybridized carbons (Fsp3) is 0.778. The topological polar surface area (TPSA) is 63.6 Å². The molecule has 2 aliphatic heterocycles. The average Bonchev–Trinajstić information content (AvgIpc) is 2.64. The Bertz CT molecular complexity index is 248. The second-order valence-corrected chi connectivity index (χ2v) is 3.80. The van der Waals surface area contributed by atoms with Gasteiger partial charge in [0, 0.05) is 6.42 Å². The van der Waals surface area contributed by atoms with E-state index in [4.69, 9.17) is 9.84 Å². The van der Waals surface area contributed by atoms with Crippen LogP contribution in [0.4, 0.5) is 0 Å². The zero-order chi connectivity index (χ0) is 9.42. The zero-order valence-electron chi connectivity index (χ0n) is 7.23. The van der Waals surface area contributed by atoms with Crippen LogP contribution in [0.25, 0.3) is 0 Å². The van der Waals surface area contributed by atoms with Gasteiger partial charge in [0.1, 0.15) is 0 Å². The highest BCUT2D eigenvalue weighted by molar-refractivity contribution is 6.32. The van der Waals surface area contributed by atoms with Crippen molar-refractivity contribution in [3.63, 3.8) is 0 Å². The molecular weight excluding hydrogens is 172 g/mol. The predicted molar refractivity (Wildman–Crippen MR) is 43.3 cm³/mol. The average molecular weight is 184 g/mol. The van der Waals surface area contributed by atoms with Crippen molar-refractivity contribution < 1.29 is 19.4 Å². The van der Waals surface area contributed by atoms with E-state index in [0.717, 1.165) is 19.3 Å². The zero-order valence-corrected chi connectivity index (χ0v) is 7.23. The van der Waals surface area contributed by atoms with Crippen LogP contribution in [-0.4, -0.2) is 29.1 Å². The maximum Gasteiger partial charge on any atom is 0.372 e. The normalized spacial score (nSPS) is 36.5. The first kappa shape index (κ1) is 8.69. The van der Waals surface area contributed by atoms with Crippen molar-refractivity contribution in [1.82, 2.24) is 0 Å². The molecule has 4 heteroatoms. The molecule has 2 rings (SSSR count). The Balaban J connectivity index is 1.90. The van der Waals surface area contributed by atoms with E-state index in [1.165, 1.54) is 0 Å². The molecule has 2 bridgehead atoms. The lowest BCUT2D eigenvalue weighted by molar-refractivity contribution is -0.149. The highest BCUT2D eigenvalue weighted by Crippen LogP contribution is 2.40. The van der Waals surface area contributed by atoms with Crippen molar-refractivity contribution in [3.05, 3.63) is 0 Å². The number of ether oxygens (including phenoxy) is 1. The van der Waals surface area contributed by atoms with Crippen LogP contribution >= 0.6 is 0 Å². The summed E-state index contributed by atoms with van der Waals surface area (Å²) in [5.41, 5.74) is 0. The van der Waals surface area contributed by atoms with Gasteiger partial charge < -0.3 is 9.84 Å². The summed E-state index contributed by atoms with van der Waals surface area (Å²) in [5.74, 6) is -1.84. The summed E-state index contributed by atoms with van der Waals surface area (Å²) in [6.07, 6.45) is 3.51. The molecule has 0 saturated carbocycles. The Kier molecular flexibility index (Phi) is 2.07. The van der Waals surface area contributed by atoms with Crippen LogP contribution in [0.15, 0.2) is 0 Å². The first-order chi connectivity index (χ1) is 6.16. The Hall–Kier alpha value is -0.900. The van der Waals surface area contributed by atoms with Crippen LogP contribution in [0.2, 0.25) is 0 Å². The van der Waals surface area contributed by atoms with Crippen LogP contribution in [0.5, 0.6) is 0 Å². The molecule has 0 amide bonds. The summed E-state index contributed by atoms with van der Waals surface area (Å²) in [6.45, 7) is 0. The molecule has 13 heavy (non-hydrogen) atoms. The standard InChI is InChI=1S/C9H12O4/c10-7(9(11)12)4-5-3-6-1-2-8(5)13-6/h5-6,8H,1-4H2,(H,11,12). The van der Waals surface area contributed by atoms with E-state index >= 15 is 0 Å². The van der Waals surface area contributed by atoms with Crippen LogP contribution in [-0.2, 0) is 14.3 Å². The monoisotopic (exact) mass is 184 g/mol. The molecule has 0 aromatic rings.